The number of nitrogens with one attached hydrogen (secondary N) is 1. The zero-order chi connectivity index (χ0) is 19.9. The molecule has 2 fully saturated rings. The van der Waals surface area contributed by atoms with Crippen molar-refractivity contribution in [2.75, 3.05) is 46.4 Å². The molecule has 1 aromatic rings. The number of amides is 2. The summed E-state index contributed by atoms with van der Waals surface area (Å²) in [6.07, 6.45) is 4.77. The van der Waals surface area contributed by atoms with Gasteiger partial charge in [-0.3, -0.25) is 14.5 Å². The summed E-state index contributed by atoms with van der Waals surface area (Å²) in [5, 5.41) is 2.94. The van der Waals surface area contributed by atoms with Crippen LogP contribution in [0.3, 0.4) is 0 Å². The number of carbonyl (C=O) groups excluding carboxylic acids is 2. The maximum atomic E-state index is 13.0. The van der Waals surface area contributed by atoms with Crippen LogP contribution in [0.15, 0.2) is 18.3 Å². The standard InChI is InChI=1S/C20H29FN4O3/c1-28-12-8-22-19(26)15-3-2-9-25(14-15)17-6-10-24(11-7-17)20(27)18-5-4-16(21)13-23-18/h4-5,13,15,17H,2-3,6-12,14H2,1H3,(H,22,26)/t15-/m0/s1. The average molecular weight is 392 g/mol. The van der Waals surface area contributed by atoms with Gasteiger partial charge in [0.05, 0.1) is 18.7 Å². The third-order valence-corrected chi connectivity index (χ3v) is 5.64. The minimum atomic E-state index is -0.443. The van der Waals surface area contributed by atoms with E-state index in [9.17, 15) is 14.0 Å². The first kappa shape index (κ1) is 20.7. The molecule has 7 nitrogen and oxygen atoms in total. The number of carbonyl (C=O) groups is 2. The van der Waals surface area contributed by atoms with Crippen molar-refractivity contribution in [3.63, 3.8) is 0 Å². The Balaban J connectivity index is 1.48. The van der Waals surface area contributed by atoms with Gasteiger partial charge in [-0.2, -0.15) is 0 Å². The van der Waals surface area contributed by atoms with Crippen molar-refractivity contribution in [2.45, 2.75) is 31.7 Å². The highest BCUT2D eigenvalue weighted by molar-refractivity contribution is 5.92. The summed E-state index contributed by atoms with van der Waals surface area (Å²) in [5.74, 6) is -0.459. The average Bonchev–Trinajstić information content (AvgIpc) is 2.74. The molecule has 0 spiro atoms. The molecule has 1 N–H and O–H groups in total. The number of halogens is 1. The lowest BCUT2D eigenvalue weighted by molar-refractivity contribution is -0.127. The zero-order valence-electron chi connectivity index (χ0n) is 16.4. The van der Waals surface area contributed by atoms with Gasteiger partial charge in [-0.25, -0.2) is 9.37 Å². The molecule has 8 heteroatoms. The minimum absolute atomic E-state index is 0.0219. The van der Waals surface area contributed by atoms with Crippen molar-refractivity contribution in [3.05, 3.63) is 29.8 Å². The maximum absolute atomic E-state index is 13.0. The second kappa shape index (κ2) is 9.93. The lowest BCUT2D eigenvalue weighted by Gasteiger charge is -2.42. The number of hydrogen-bond acceptors (Lipinski definition) is 5. The van der Waals surface area contributed by atoms with Crippen LogP contribution in [0.2, 0.25) is 0 Å². The van der Waals surface area contributed by atoms with Gasteiger partial charge in [-0.1, -0.05) is 0 Å². The van der Waals surface area contributed by atoms with E-state index in [4.69, 9.17) is 4.74 Å². The van der Waals surface area contributed by atoms with Crippen molar-refractivity contribution in [3.8, 4) is 0 Å². The molecule has 1 atom stereocenters. The van der Waals surface area contributed by atoms with Crippen LogP contribution in [0, 0.1) is 11.7 Å². The molecule has 2 aliphatic heterocycles. The van der Waals surface area contributed by atoms with Crippen LogP contribution in [0.25, 0.3) is 0 Å². The molecule has 3 heterocycles. The van der Waals surface area contributed by atoms with Crippen molar-refractivity contribution < 1.29 is 18.7 Å². The molecular weight excluding hydrogens is 363 g/mol. The monoisotopic (exact) mass is 392 g/mol. The largest absolute Gasteiger partial charge is 0.383 e. The van der Waals surface area contributed by atoms with E-state index in [-0.39, 0.29) is 23.4 Å². The lowest BCUT2D eigenvalue weighted by atomic mass is 9.93. The SMILES string of the molecule is COCCNC(=O)[C@H]1CCCN(C2CCN(C(=O)c3ccc(F)cn3)CC2)C1. The predicted molar refractivity (Wildman–Crippen MR) is 102 cm³/mol. The van der Waals surface area contributed by atoms with Crippen molar-refractivity contribution in [2.24, 2.45) is 5.92 Å². The first-order valence-corrected chi connectivity index (χ1v) is 10.00. The number of rotatable bonds is 6. The summed E-state index contributed by atoms with van der Waals surface area (Å²) in [6.45, 7) is 4.16. The van der Waals surface area contributed by atoms with E-state index in [0.717, 1.165) is 45.0 Å². The molecule has 2 saturated heterocycles. The molecule has 2 aliphatic rings. The summed E-state index contributed by atoms with van der Waals surface area (Å²) in [6, 6.07) is 3.08. The fraction of sp³-hybridized carbons (Fsp3) is 0.650. The van der Waals surface area contributed by atoms with Gasteiger partial charge in [0.2, 0.25) is 5.91 Å². The molecule has 0 unspecified atom stereocenters. The van der Waals surface area contributed by atoms with Gasteiger partial charge in [0.25, 0.3) is 5.91 Å². The Labute approximate surface area is 165 Å². The Hall–Kier alpha value is -2.06. The van der Waals surface area contributed by atoms with E-state index in [1.807, 2.05) is 0 Å². The van der Waals surface area contributed by atoms with Crippen LogP contribution in [-0.2, 0) is 9.53 Å². The number of methoxy groups -OCH3 is 1. The van der Waals surface area contributed by atoms with E-state index in [0.29, 0.717) is 32.3 Å². The second-order valence-electron chi connectivity index (χ2n) is 7.50. The molecule has 0 bridgehead atoms. The lowest BCUT2D eigenvalue weighted by Crippen LogP contribution is -2.51. The maximum Gasteiger partial charge on any atom is 0.272 e. The van der Waals surface area contributed by atoms with E-state index < -0.39 is 5.82 Å². The van der Waals surface area contributed by atoms with Gasteiger partial charge in [0.1, 0.15) is 11.5 Å². The van der Waals surface area contributed by atoms with Gasteiger partial charge >= 0.3 is 0 Å². The van der Waals surface area contributed by atoms with Crippen LogP contribution in [0.5, 0.6) is 0 Å². The molecular formula is C20H29FN4O3. The number of pyridine rings is 1. The topological polar surface area (TPSA) is 74.8 Å². The summed E-state index contributed by atoms with van der Waals surface area (Å²) in [7, 11) is 1.62. The minimum Gasteiger partial charge on any atom is -0.383 e. The molecule has 154 valence electrons. The fourth-order valence-corrected chi connectivity index (χ4v) is 4.07. The molecule has 2 amide bonds. The summed E-state index contributed by atoms with van der Waals surface area (Å²) in [4.78, 5) is 33.0. The third kappa shape index (κ3) is 5.26. The van der Waals surface area contributed by atoms with Crippen LogP contribution >= 0.6 is 0 Å². The van der Waals surface area contributed by atoms with Crippen LogP contribution in [0.4, 0.5) is 4.39 Å². The fourth-order valence-electron chi connectivity index (χ4n) is 4.07. The van der Waals surface area contributed by atoms with Crippen molar-refractivity contribution in [1.82, 2.24) is 20.1 Å². The number of likely N-dealkylation sites (tertiary alicyclic amines) is 2. The smallest absolute Gasteiger partial charge is 0.272 e. The predicted octanol–water partition coefficient (Wildman–Crippen LogP) is 1.30. The third-order valence-electron chi connectivity index (χ3n) is 5.64. The van der Waals surface area contributed by atoms with Crippen molar-refractivity contribution >= 4 is 11.8 Å². The van der Waals surface area contributed by atoms with E-state index in [1.165, 1.54) is 12.1 Å². The van der Waals surface area contributed by atoms with Gasteiger partial charge in [-0.05, 0) is 44.4 Å². The summed E-state index contributed by atoms with van der Waals surface area (Å²) < 4.78 is 18.0. The molecule has 0 aliphatic carbocycles. The molecule has 3 rings (SSSR count). The Morgan fingerprint density at radius 1 is 1.25 bits per heavy atom. The summed E-state index contributed by atoms with van der Waals surface area (Å²) in [5.41, 5.74) is 0.283. The molecule has 1 aromatic heterocycles. The molecule has 0 aromatic carbocycles. The van der Waals surface area contributed by atoms with Crippen LogP contribution < -0.4 is 5.32 Å². The Morgan fingerprint density at radius 3 is 2.71 bits per heavy atom. The number of ether oxygens (including phenoxy) is 1. The number of hydrogen-bond donors (Lipinski definition) is 1. The second-order valence-corrected chi connectivity index (χ2v) is 7.50. The van der Waals surface area contributed by atoms with E-state index >= 15 is 0 Å². The highest BCUT2D eigenvalue weighted by Gasteiger charge is 2.32. The van der Waals surface area contributed by atoms with E-state index in [2.05, 4.69) is 15.2 Å². The van der Waals surface area contributed by atoms with Gasteiger partial charge in [0.15, 0.2) is 0 Å². The highest BCUT2D eigenvalue weighted by Crippen LogP contribution is 2.24. The van der Waals surface area contributed by atoms with Crippen molar-refractivity contribution in [1.29, 1.82) is 0 Å². The normalized spacial score (nSPS) is 21.5. The van der Waals surface area contributed by atoms with E-state index in [1.54, 1.807) is 12.0 Å². The number of piperidine rings is 2. The van der Waals surface area contributed by atoms with Gasteiger partial charge in [-0.15, -0.1) is 0 Å². The molecule has 0 saturated carbocycles. The quantitative estimate of drug-likeness (QED) is 0.739. The number of aromatic nitrogens is 1. The first-order valence-electron chi connectivity index (χ1n) is 10.00. The van der Waals surface area contributed by atoms with Gasteiger partial charge in [0, 0.05) is 39.3 Å². The summed E-state index contributed by atoms with van der Waals surface area (Å²) >= 11 is 0. The van der Waals surface area contributed by atoms with Crippen LogP contribution in [-0.4, -0.2) is 79.1 Å². The van der Waals surface area contributed by atoms with Crippen LogP contribution in [0.1, 0.15) is 36.2 Å². The molecule has 0 radical (unpaired) electrons. The van der Waals surface area contributed by atoms with Gasteiger partial charge < -0.3 is 15.0 Å². The highest BCUT2D eigenvalue weighted by atomic mass is 19.1. The molecule has 28 heavy (non-hydrogen) atoms. The Morgan fingerprint density at radius 2 is 2.04 bits per heavy atom. The Kier molecular flexibility index (Phi) is 7.33. The Bertz CT molecular complexity index is 662. The zero-order valence-corrected chi connectivity index (χ0v) is 16.4. The number of nitrogens with zero attached hydrogens (tertiary/aromatic N) is 3. The first-order chi connectivity index (χ1) is 13.6.